The molecule has 0 aliphatic heterocycles. The lowest BCUT2D eigenvalue weighted by molar-refractivity contribution is 0.409. The van der Waals surface area contributed by atoms with Crippen molar-refractivity contribution in [1.82, 2.24) is 0 Å². The molecule has 5 heteroatoms. The quantitative estimate of drug-likeness (QED) is 0.850. The van der Waals surface area contributed by atoms with Gasteiger partial charge in [0.25, 0.3) is 0 Å². The molecule has 1 aromatic carbocycles. The lowest BCUT2D eigenvalue weighted by Gasteiger charge is -2.12. The van der Waals surface area contributed by atoms with E-state index in [-0.39, 0.29) is 5.75 Å². The van der Waals surface area contributed by atoms with Crippen LogP contribution in [0.2, 0.25) is 0 Å². The Balaban J connectivity index is 2.39. The molecule has 0 amide bonds. The zero-order chi connectivity index (χ0) is 13.9. The highest BCUT2D eigenvalue weighted by Gasteiger charge is 2.19. The Hall–Kier alpha value is -1.33. The molecular formula is C14H16O3S2. The summed E-state index contributed by atoms with van der Waals surface area (Å²) in [5, 5.41) is 1.78. The van der Waals surface area contributed by atoms with Crippen LogP contribution in [-0.4, -0.2) is 15.5 Å². The molecule has 0 aliphatic rings. The number of sulfone groups is 1. The fourth-order valence-corrected chi connectivity index (χ4v) is 4.54. The van der Waals surface area contributed by atoms with Crippen molar-refractivity contribution in [2.75, 3.05) is 7.11 Å². The van der Waals surface area contributed by atoms with Crippen molar-refractivity contribution in [2.45, 2.75) is 23.3 Å². The molecular weight excluding hydrogens is 280 g/mol. The fraction of sp³-hybridized carbons (Fsp3) is 0.286. The predicted molar refractivity (Wildman–Crippen MR) is 77.6 cm³/mol. The van der Waals surface area contributed by atoms with Crippen LogP contribution in [0.3, 0.4) is 0 Å². The monoisotopic (exact) mass is 296 g/mol. The van der Waals surface area contributed by atoms with Gasteiger partial charge in [0, 0.05) is 0 Å². The maximum Gasteiger partial charge on any atom is 0.191 e. The van der Waals surface area contributed by atoms with Crippen LogP contribution in [0.1, 0.15) is 18.1 Å². The second-order valence-electron chi connectivity index (χ2n) is 4.14. The van der Waals surface area contributed by atoms with Gasteiger partial charge in [-0.05, 0) is 35.1 Å². The van der Waals surface area contributed by atoms with Crippen LogP contribution in [0.4, 0.5) is 0 Å². The van der Waals surface area contributed by atoms with Crippen LogP contribution >= 0.6 is 11.3 Å². The topological polar surface area (TPSA) is 43.4 Å². The second kappa shape index (κ2) is 5.75. The Morgan fingerprint density at radius 1 is 1.21 bits per heavy atom. The Bertz CT molecular complexity index is 643. The van der Waals surface area contributed by atoms with Crippen molar-refractivity contribution in [3.05, 3.63) is 46.8 Å². The zero-order valence-electron chi connectivity index (χ0n) is 10.9. The van der Waals surface area contributed by atoms with Crippen molar-refractivity contribution in [2.24, 2.45) is 0 Å². The molecule has 0 atom stereocenters. The Labute approximate surface area is 117 Å². The number of rotatable bonds is 5. The fourth-order valence-electron chi connectivity index (χ4n) is 2.06. The van der Waals surface area contributed by atoms with E-state index in [2.05, 4.69) is 0 Å². The van der Waals surface area contributed by atoms with Crippen LogP contribution in [-0.2, 0) is 22.0 Å². The average Bonchev–Trinajstić information content (AvgIpc) is 2.92. The van der Waals surface area contributed by atoms with E-state index in [0.29, 0.717) is 4.21 Å². The number of benzene rings is 1. The summed E-state index contributed by atoms with van der Waals surface area (Å²) in [4.78, 5) is 0. The number of hydrogen-bond donors (Lipinski definition) is 0. The number of thiophene rings is 1. The van der Waals surface area contributed by atoms with Crippen molar-refractivity contribution in [1.29, 1.82) is 0 Å². The smallest absolute Gasteiger partial charge is 0.191 e. The van der Waals surface area contributed by atoms with Gasteiger partial charge in [0.2, 0.25) is 0 Å². The molecule has 0 spiro atoms. The van der Waals surface area contributed by atoms with E-state index in [4.69, 9.17) is 4.74 Å². The van der Waals surface area contributed by atoms with Crippen molar-refractivity contribution in [3.8, 4) is 5.75 Å². The minimum absolute atomic E-state index is 0.0217. The summed E-state index contributed by atoms with van der Waals surface area (Å²) in [5.41, 5.74) is 1.78. The normalized spacial score (nSPS) is 11.5. The average molecular weight is 296 g/mol. The van der Waals surface area contributed by atoms with Gasteiger partial charge in [-0.1, -0.05) is 25.1 Å². The first-order chi connectivity index (χ1) is 9.08. The lowest BCUT2D eigenvalue weighted by Crippen LogP contribution is -2.06. The van der Waals surface area contributed by atoms with E-state index in [0.717, 1.165) is 23.3 Å². The summed E-state index contributed by atoms with van der Waals surface area (Å²) >= 11 is 1.25. The van der Waals surface area contributed by atoms with Gasteiger partial charge in [0.1, 0.15) is 9.96 Å². The Morgan fingerprint density at radius 3 is 2.58 bits per heavy atom. The van der Waals surface area contributed by atoms with E-state index in [1.807, 2.05) is 25.1 Å². The van der Waals surface area contributed by atoms with Crippen molar-refractivity contribution < 1.29 is 13.2 Å². The van der Waals surface area contributed by atoms with Crippen LogP contribution in [0.15, 0.2) is 39.9 Å². The minimum Gasteiger partial charge on any atom is -0.496 e. The minimum atomic E-state index is -3.26. The summed E-state index contributed by atoms with van der Waals surface area (Å²) in [6.45, 7) is 2.00. The van der Waals surface area contributed by atoms with E-state index in [1.165, 1.54) is 11.3 Å². The largest absolute Gasteiger partial charge is 0.496 e. The lowest BCUT2D eigenvalue weighted by atomic mass is 10.1. The molecule has 102 valence electrons. The molecule has 2 rings (SSSR count). The molecule has 0 saturated carbocycles. The van der Waals surface area contributed by atoms with Gasteiger partial charge in [-0.3, -0.25) is 0 Å². The second-order valence-corrected chi connectivity index (χ2v) is 7.31. The number of hydrogen-bond acceptors (Lipinski definition) is 4. The first kappa shape index (κ1) is 14.1. The standard InChI is InChI=1S/C14H16O3S2/c1-3-12-11(6-4-7-13(12)17-2)10-19(15,16)14-8-5-9-18-14/h4-9H,3,10H2,1-2H3. The van der Waals surface area contributed by atoms with E-state index in [1.54, 1.807) is 24.6 Å². The van der Waals surface area contributed by atoms with Gasteiger partial charge in [-0.25, -0.2) is 8.42 Å². The Kier molecular flexibility index (Phi) is 4.27. The van der Waals surface area contributed by atoms with Crippen LogP contribution in [0.5, 0.6) is 5.75 Å². The highest BCUT2D eigenvalue weighted by atomic mass is 32.2. The van der Waals surface area contributed by atoms with Crippen LogP contribution in [0, 0.1) is 0 Å². The van der Waals surface area contributed by atoms with Crippen molar-refractivity contribution >= 4 is 21.2 Å². The summed E-state index contributed by atoms with van der Waals surface area (Å²) in [6.07, 6.45) is 0.749. The molecule has 0 fully saturated rings. The highest BCUT2D eigenvalue weighted by Crippen LogP contribution is 2.27. The molecule has 3 nitrogen and oxygen atoms in total. The van der Waals surface area contributed by atoms with E-state index >= 15 is 0 Å². The predicted octanol–water partition coefficient (Wildman–Crippen LogP) is 3.29. The third kappa shape index (κ3) is 2.98. The third-order valence-electron chi connectivity index (χ3n) is 2.95. The van der Waals surface area contributed by atoms with Gasteiger partial charge >= 0.3 is 0 Å². The zero-order valence-corrected chi connectivity index (χ0v) is 12.6. The molecule has 1 aromatic heterocycles. The molecule has 0 aliphatic carbocycles. The molecule has 0 unspecified atom stereocenters. The molecule has 0 radical (unpaired) electrons. The van der Waals surface area contributed by atoms with Crippen molar-refractivity contribution in [3.63, 3.8) is 0 Å². The van der Waals surface area contributed by atoms with Gasteiger partial charge in [-0.15, -0.1) is 11.3 Å². The van der Waals surface area contributed by atoms with Crippen LogP contribution in [0.25, 0.3) is 0 Å². The third-order valence-corrected chi connectivity index (χ3v) is 6.10. The molecule has 2 aromatic rings. The summed E-state index contributed by atoms with van der Waals surface area (Å²) in [5.74, 6) is 0.773. The molecule has 0 N–H and O–H groups in total. The molecule has 19 heavy (non-hydrogen) atoms. The van der Waals surface area contributed by atoms with Gasteiger partial charge < -0.3 is 4.74 Å². The van der Waals surface area contributed by atoms with E-state index in [9.17, 15) is 8.42 Å². The van der Waals surface area contributed by atoms with Gasteiger partial charge in [-0.2, -0.15) is 0 Å². The molecule has 0 saturated heterocycles. The van der Waals surface area contributed by atoms with Gasteiger partial charge in [0.05, 0.1) is 12.9 Å². The Morgan fingerprint density at radius 2 is 2.00 bits per heavy atom. The van der Waals surface area contributed by atoms with Gasteiger partial charge in [0.15, 0.2) is 9.84 Å². The van der Waals surface area contributed by atoms with E-state index < -0.39 is 9.84 Å². The first-order valence-electron chi connectivity index (χ1n) is 5.99. The van der Waals surface area contributed by atoms with Crippen LogP contribution < -0.4 is 4.74 Å². The first-order valence-corrected chi connectivity index (χ1v) is 8.52. The maximum atomic E-state index is 12.3. The number of methoxy groups -OCH3 is 1. The summed E-state index contributed by atoms with van der Waals surface area (Å²) in [6, 6.07) is 8.94. The SMILES string of the molecule is CCc1c(CS(=O)(=O)c2cccs2)cccc1OC. The molecule has 1 heterocycles. The summed E-state index contributed by atoms with van der Waals surface area (Å²) < 4.78 is 30.3. The number of ether oxygens (including phenoxy) is 1. The highest BCUT2D eigenvalue weighted by molar-refractivity contribution is 7.92. The summed E-state index contributed by atoms with van der Waals surface area (Å²) in [7, 11) is -1.66. The maximum absolute atomic E-state index is 12.3. The molecule has 0 bridgehead atoms.